The molecule has 0 N–H and O–H groups in total. The van der Waals surface area contributed by atoms with Crippen LogP contribution in [0.2, 0.25) is 0 Å². The first-order valence-corrected chi connectivity index (χ1v) is 9.61. The Morgan fingerprint density at radius 2 is 1.20 bits per heavy atom. The van der Waals surface area contributed by atoms with Gasteiger partial charge in [-0.25, -0.2) is 0 Å². The molecule has 2 unspecified atom stereocenters. The summed E-state index contributed by atoms with van der Waals surface area (Å²) in [6.45, 7) is 9.16. The highest BCUT2D eigenvalue weighted by atomic mass is 35.5. The number of hydrogen-bond acceptors (Lipinski definition) is 0. The van der Waals surface area contributed by atoms with Crippen LogP contribution < -0.4 is 0 Å². The minimum atomic E-state index is 0.0234. The molecule has 0 fully saturated rings. The van der Waals surface area contributed by atoms with E-state index in [0.29, 0.717) is 5.92 Å². The maximum Gasteiger partial charge on any atom is 0.0444 e. The smallest absolute Gasteiger partial charge is 0.0444 e. The summed E-state index contributed by atoms with van der Waals surface area (Å²) >= 11 is 6.76. The third-order valence-corrected chi connectivity index (χ3v) is 5.35. The topological polar surface area (TPSA) is 0 Å². The Bertz CT molecular complexity index is 198. The highest BCUT2D eigenvalue weighted by molar-refractivity contribution is 6.23. The van der Waals surface area contributed by atoms with E-state index in [-0.39, 0.29) is 4.87 Å². The number of halogens is 1. The van der Waals surface area contributed by atoms with Crippen LogP contribution in [-0.2, 0) is 0 Å². The fraction of sp³-hybridized carbons (Fsp3) is 1.00. The van der Waals surface area contributed by atoms with Gasteiger partial charge in [-0.1, -0.05) is 91.4 Å². The molecule has 122 valence electrons. The molecule has 0 bridgehead atoms. The Kier molecular flexibility index (Phi) is 13.2. The summed E-state index contributed by atoms with van der Waals surface area (Å²) in [7, 11) is 0. The van der Waals surface area contributed by atoms with E-state index < -0.39 is 0 Å². The average Bonchev–Trinajstić information content (AvgIpc) is 2.42. The quantitative estimate of drug-likeness (QED) is 0.227. The van der Waals surface area contributed by atoms with Gasteiger partial charge in [0.1, 0.15) is 0 Å². The molecule has 20 heavy (non-hydrogen) atoms. The number of alkyl halides is 1. The zero-order valence-corrected chi connectivity index (χ0v) is 15.4. The average molecular weight is 303 g/mol. The minimum absolute atomic E-state index is 0.0234. The predicted octanol–water partition coefficient (Wildman–Crippen LogP) is 7.73. The van der Waals surface area contributed by atoms with Gasteiger partial charge in [-0.15, -0.1) is 11.6 Å². The van der Waals surface area contributed by atoms with Gasteiger partial charge in [0.05, 0.1) is 0 Å². The molecule has 0 saturated heterocycles. The van der Waals surface area contributed by atoms with Crippen LogP contribution in [0.3, 0.4) is 0 Å². The zero-order chi connectivity index (χ0) is 15.3. The molecule has 1 heteroatoms. The molecule has 0 aromatic carbocycles. The number of unbranched alkanes of at least 4 members (excludes halogenated alkanes) is 9. The Balaban J connectivity index is 3.62. The van der Waals surface area contributed by atoms with Crippen LogP contribution in [0.4, 0.5) is 0 Å². The lowest BCUT2D eigenvalue weighted by Crippen LogP contribution is -2.26. The summed E-state index contributed by atoms with van der Waals surface area (Å²) < 4.78 is 0. The lowest BCUT2D eigenvalue weighted by Gasteiger charge is -2.29. The largest absolute Gasteiger partial charge is 0.119 e. The SMILES string of the molecule is CCCCCCCCC(C)C(C)(Cl)CCCCCCC. The molecule has 0 heterocycles. The molecule has 0 rings (SSSR count). The summed E-state index contributed by atoms with van der Waals surface area (Å²) in [5.74, 6) is 0.654. The van der Waals surface area contributed by atoms with Crippen molar-refractivity contribution < 1.29 is 0 Å². The Morgan fingerprint density at radius 3 is 1.75 bits per heavy atom. The highest BCUT2D eigenvalue weighted by Gasteiger charge is 2.27. The van der Waals surface area contributed by atoms with Gasteiger partial charge in [0, 0.05) is 4.87 Å². The fourth-order valence-corrected chi connectivity index (χ4v) is 3.10. The van der Waals surface area contributed by atoms with Crippen LogP contribution in [0.25, 0.3) is 0 Å². The Morgan fingerprint density at radius 1 is 0.750 bits per heavy atom. The number of rotatable bonds is 14. The summed E-state index contributed by atoms with van der Waals surface area (Å²) in [4.78, 5) is 0.0234. The van der Waals surface area contributed by atoms with Crippen molar-refractivity contribution in [1.82, 2.24) is 0 Å². The van der Waals surface area contributed by atoms with Crippen molar-refractivity contribution in [3.63, 3.8) is 0 Å². The summed E-state index contributed by atoms with van der Waals surface area (Å²) in [5, 5.41) is 0. The van der Waals surface area contributed by atoms with Crippen molar-refractivity contribution in [3.05, 3.63) is 0 Å². The van der Waals surface area contributed by atoms with Crippen LogP contribution >= 0.6 is 11.6 Å². The van der Waals surface area contributed by atoms with E-state index in [1.165, 1.54) is 83.5 Å². The molecule has 0 aliphatic heterocycles. The van der Waals surface area contributed by atoms with Gasteiger partial charge in [0.25, 0.3) is 0 Å². The van der Waals surface area contributed by atoms with Crippen molar-refractivity contribution in [2.24, 2.45) is 5.92 Å². The molecule has 0 nitrogen and oxygen atoms in total. The molecular formula is C19H39Cl. The molecule has 0 saturated carbocycles. The van der Waals surface area contributed by atoms with Gasteiger partial charge in [-0.3, -0.25) is 0 Å². The second-order valence-electron chi connectivity index (χ2n) is 6.90. The molecule has 0 radical (unpaired) electrons. The molecule has 0 aliphatic carbocycles. The van der Waals surface area contributed by atoms with E-state index in [1.807, 2.05) is 0 Å². The standard InChI is InChI=1S/C19H39Cl/c1-5-7-9-11-12-14-16-18(3)19(4,20)17-15-13-10-8-6-2/h18H,5-17H2,1-4H3. The maximum atomic E-state index is 6.76. The van der Waals surface area contributed by atoms with Crippen LogP contribution in [0.15, 0.2) is 0 Å². The molecule has 0 spiro atoms. The first kappa shape index (κ1) is 20.3. The van der Waals surface area contributed by atoms with E-state index in [4.69, 9.17) is 11.6 Å². The van der Waals surface area contributed by atoms with Crippen LogP contribution in [0.1, 0.15) is 111 Å². The molecule has 0 aliphatic rings. The monoisotopic (exact) mass is 302 g/mol. The van der Waals surface area contributed by atoms with Crippen LogP contribution in [0, 0.1) is 5.92 Å². The van der Waals surface area contributed by atoms with E-state index in [1.54, 1.807) is 0 Å². The summed E-state index contributed by atoms with van der Waals surface area (Å²) in [6, 6.07) is 0. The van der Waals surface area contributed by atoms with Gasteiger partial charge < -0.3 is 0 Å². The summed E-state index contributed by atoms with van der Waals surface area (Å²) in [6.07, 6.45) is 17.6. The molecule has 0 aromatic rings. The van der Waals surface area contributed by atoms with Crippen molar-refractivity contribution in [3.8, 4) is 0 Å². The summed E-state index contributed by atoms with van der Waals surface area (Å²) in [5.41, 5.74) is 0. The minimum Gasteiger partial charge on any atom is -0.119 e. The lowest BCUT2D eigenvalue weighted by molar-refractivity contribution is 0.350. The lowest BCUT2D eigenvalue weighted by atomic mass is 9.86. The van der Waals surface area contributed by atoms with Crippen molar-refractivity contribution in [1.29, 1.82) is 0 Å². The van der Waals surface area contributed by atoms with Gasteiger partial charge in [0.15, 0.2) is 0 Å². The normalized spacial score (nSPS) is 16.1. The van der Waals surface area contributed by atoms with Crippen molar-refractivity contribution in [2.75, 3.05) is 0 Å². The molecule has 0 aromatic heterocycles. The second-order valence-corrected chi connectivity index (χ2v) is 7.76. The fourth-order valence-electron chi connectivity index (χ4n) is 2.85. The Labute approximate surface area is 134 Å². The predicted molar refractivity (Wildman–Crippen MR) is 94.8 cm³/mol. The second kappa shape index (κ2) is 13.0. The van der Waals surface area contributed by atoms with Gasteiger partial charge in [-0.05, 0) is 25.7 Å². The zero-order valence-electron chi connectivity index (χ0n) is 14.6. The molecule has 2 atom stereocenters. The number of hydrogen-bond donors (Lipinski definition) is 0. The van der Waals surface area contributed by atoms with Gasteiger partial charge in [-0.2, -0.15) is 0 Å². The third kappa shape index (κ3) is 11.0. The Hall–Kier alpha value is 0.290. The highest BCUT2D eigenvalue weighted by Crippen LogP contribution is 2.34. The van der Waals surface area contributed by atoms with Gasteiger partial charge in [0.2, 0.25) is 0 Å². The first-order valence-electron chi connectivity index (χ1n) is 9.23. The van der Waals surface area contributed by atoms with Crippen LogP contribution in [-0.4, -0.2) is 4.87 Å². The van der Waals surface area contributed by atoms with Crippen LogP contribution in [0.5, 0.6) is 0 Å². The van der Waals surface area contributed by atoms with Gasteiger partial charge >= 0.3 is 0 Å². The van der Waals surface area contributed by atoms with E-state index in [9.17, 15) is 0 Å². The molecule has 0 amide bonds. The van der Waals surface area contributed by atoms with E-state index >= 15 is 0 Å². The third-order valence-electron chi connectivity index (χ3n) is 4.79. The van der Waals surface area contributed by atoms with E-state index in [2.05, 4.69) is 27.7 Å². The maximum absolute atomic E-state index is 6.76. The van der Waals surface area contributed by atoms with Crippen molar-refractivity contribution >= 4 is 11.6 Å². The first-order chi connectivity index (χ1) is 9.54. The van der Waals surface area contributed by atoms with E-state index in [0.717, 1.165) is 0 Å². The van der Waals surface area contributed by atoms with Crippen molar-refractivity contribution in [2.45, 2.75) is 116 Å². The molecular weight excluding hydrogens is 264 g/mol.